The van der Waals surface area contributed by atoms with Gasteiger partial charge in [0.25, 0.3) is 0 Å². The van der Waals surface area contributed by atoms with Gasteiger partial charge < -0.3 is 24.6 Å². The van der Waals surface area contributed by atoms with Crippen LogP contribution in [0.3, 0.4) is 0 Å². The lowest BCUT2D eigenvalue weighted by Gasteiger charge is -2.24. The van der Waals surface area contributed by atoms with Crippen molar-refractivity contribution < 1.29 is 19.3 Å². The summed E-state index contributed by atoms with van der Waals surface area (Å²) in [5.41, 5.74) is 1.38. The lowest BCUT2D eigenvalue weighted by atomic mass is 10.1. The Balaban J connectivity index is 1.52. The number of imidazole rings is 1. The van der Waals surface area contributed by atoms with Crippen LogP contribution < -0.4 is 5.32 Å². The molecule has 9 nitrogen and oxygen atoms in total. The predicted molar refractivity (Wildman–Crippen MR) is 86.8 cm³/mol. The summed E-state index contributed by atoms with van der Waals surface area (Å²) in [4.78, 5) is 13.2. The number of ether oxygens (including phenoxy) is 3. The van der Waals surface area contributed by atoms with E-state index in [0.29, 0.717) is 17.2 Å². The van der Waals surface area contributed by atoms with Crippen LogP contribution in [0.25, 0.3) is 11.2 Å². The highest BCUT2D eigenvalue weighted by Gasteiger charge is 2.56. The molecule has 0 bridgehead atoms. The van der Waals surface area contributed by atoms with Crippen molar-refractivity contribution in [3.63, 3.8) is 0 Å². The molecule has 1 aliphatic carbocycles. The number of aliphatic hydroxyl groups is 1. The molecular weight excluding hydrogens is 326 g/mol. The molecule has 0 radical (unpaired) electrons. The first-order valence-electron chi connectivity index (χ1n) is 8.62. The van der Waals surface area contributed by atoms with Crippen molar-refractivity contribution in [2.45, 2.75) is 63.1 Å². The minimum atomic E-state index is -0.713. The Bertz CT molecular complexity index is 805. The van der Waals surface area contributed by atoms with E-state index >= 15 is 0 Å². The maximum Gasteiger partial charge on any atom is 0.167 e. The van der Waals surface area contributed by atoms with Gasteiger partial charge in [0.15, 0.2) is 29.0 Å². The van der Waals surface area contributed by atoms with E-state index in [-0.39, 0.29) is 18.8 Å². The molecule has 134 valence electrons. The second kappa shape index (κ2) is 5.34. The van der Waals surface area contributed by atoms with Crippen LogP contribution in [0.5, 0.6) is 0 Å². The summed E-state index contributed by atoms with van der Waals surface area (Å²) in [6.45, 7) is 3.60. The third kappa shape index (κ3) is 2.50. The minimum absolute atomic E-state index is 0.132. The lowest BCUT2D eigenvalue weighted by Crippen LogP contribution is -2.31. The number of fused-ring (bicyclic) bond motifs is 2. The van der Waals surface area contributed by atoms with Gasteiger partial charge in [-0.25, -0.2) is 15.0 Å². The van der Waals surface area contributed by atoms with Gasteiger partial charge in [0, 0.05) is 6.04 Å². The smallest absolute Gasteiger partial charge is 0.167 e. The second-order valence-corrected chi connectivity index (χ2v) is 7.28. The number of anilines is 1. The number of hydrogen-bond donors (Lipinski definition) is 2. The van der Waals surface area contributed by atoms with Gasteiger partial charge in [-0.1, -0.05) is 0 Å². The summed E-state index contributed by atoms with van der Waals surface area (Å²) in [5, 5.41) is 13.0. The van der Waals surface area contributed by atoms with Gasteiger partial charge in [0.2, 0.25) is 0 Å². The Labute approximate surface area is 144 Å². The highest BCUT2D eigenvalue weighted by molar-refractivity contribution is 5.83. The molecule has 1 saturated carbocycles. The zero-order chi connectivity index (χ0) is 17.2. The van der Waals surface area contributed by atoms with Crippen LogP contribution in [0.1, 0.15) is 32.9 Å². The molecule has 2 aliphatic heterocycles. The minimum Gasteiger partial charge on any atom is -0.394 e. The summed E-state index contributed by atoms with van der Waals surface area (Å²) >= 11 is 0. The topological polar surface area (TPSA) is 104 Å². The molecule has 4 heterocycles. The van der Waals surface area contributed by atoms with E-state index in [9.17, 15) is 5.11 Å². The Morgan fingerprint density at radius 2 is 2.04 bits per heavy atom. The van der Waals surface area contributed by atoms with Gasteiger partial charge >= 0.3 is 0 Å². The van der Waals surface area contributed by atoms with Crippen molar-refractivity contribution in [1.29, 1.82) is 0 Å². The molecule has 0 amide bonds. The second-order valence-electron chi connectivity index (χ2n) is 7.28. The molecule has 2 N–H and O–H groups in total. The normalized spacial score (nSPS) is 33.7. The van der Waals surface area contributed by atoms with E-state index in [1.165, 1.54) is 6.33 Å². The molecule has 2 saturated heterocycles. The Morgan fingerprint density at radius 3 is 2.80 bits per heavy atom. The first kappa shape index (κ1) is 15.4. The molecule has 0 spiro atoms. The zero-order valence-electron chi connectivity index (χ0n) is 14.1. The summed E-state index contributed by atoms with van der Waals surface area (Å²) in [7, 11) is 0. The van der Waals surface area contributed by atoms with Gasteiger partial charge in [0.05, 0.1) is 12.9 Å². The first-order chi connectivity index (χ1) is 12.1. The molecule has 4 atom stereocenters. The van der Waals surface area contributed by atoms with E-state index in [4.69, 9.17) is 14.2 Å². The Morgan fingerprint density at radius 1 is 1.24 bits per heavy atom. The van der Waals surface area contributed by atoms with Crippen molar-refractivity contribution in [2.24, 2.45) is 0 Å². The van der Waals surface area contributed by atoms with Crippen LogP contribution >= 0.6 is 0 Å². The monoisotopic (exact) mass is 347 g/mol. The van der Waals surface area contributed by atoms with Gasteiger partial charge in [-0.3, -0.25) is 4.57 Å². The van der Waals surface area contributed by atoms with Gasteiger partial charge in [0.1, 0.15) is 24.6 Å². The summed E-state index contributed by atoms with van der Waals surface area (Å²) in [5.74, 6) is 0.0258. The number of nitrogens with zero attached hydrogens (tertiary/aromatic N) is 4. The molecule has 3 fully saturated rings. The molecular formula is C16H21N5O4. The molecule has 3 aliphatic rings. The van der Waals surface area contributed by atoms with Crippen LogP contribution in [0.4, 0.5) is 5.82 Å². The van der Waals surface area contributed by atoms with Gasteiger partial charge in [-0.05, 0) is 26.7 Å². The van der Waals surface area contributed by atoms with Crippen molar-refractivity contribution in [1.82, 2.24) is 19.5 Å². The molecule has 0 aromatic carbocycles. The van der Waals surface area contributed by atoms with E-state index in [2.05, 4.69) is 20.3 Å². The number of aliphatic hydroxyl groups excluding tert-OH is 1. The van der Waals surface area contributed by atoms with Crippen molar-refractivity contribution in [2.75, 3.05) is 11.9 Å². The third-order valence-corrected chi connectivity index (χ3v) is 4.86. The fourth-order valence-electron chi connectivity index (χ4n) is 3.59. The fraction of sp³-hybridized carbons (Fsp3) is 0.688. The highest BCUT2D eigenvalue weighted by Crippen LogP contribution is 2.43. The van der Waals surface area contributed by atoms with Crippen LogP contribution in [0.15, 0.2) is 12.7 Å². The quantitative estimate of drug-likeness (QED) is 0.837. The van der Waals surface area contributed by atoms with Crippen molar-refractivity contribution >= 4 is 17.0 Å². The molecule has 0 unspecified atom stereocenters. The number of nitrogens with one attached hydrogen (secondary N) is 1. The first-order valence-corrected chi connectivity index (χ1v) is 8.62. The SMILES string of the molecule is CC1(C)O[C@@H]2[C@H](O1)[C@@H](CO)O[C@H]2n1cnc2c(NC3CC3)ncnc21. The van der Waals surface area contributed by atoms with E-state index in [1.54, 1.807) is 6.33 Å². The van der Waals surface area contributed by atoms with E-state index in [0.717, 1.165) is 18.7 Å². The maximum atomic E-state index is 9.64. The average molecular weight is 347 g/mol. The summed E-state index contributed by atoms with van der Waals surface area (Å²) in [6, 6.07) is 0.474. The molecule has 5 rings (SSSR count). The third-order valence-electron chi connectivity index (χ3n) is 4.86. The molecule has 25 heavy (non-hydrogen) atoms. The molecule has 9 heteroatoms. The lowest BCUT2D eigenvalue weighted by molar-refractivity contribution is -0.199. The number of hydrogen-bond acceptors (Lipinski definition) is 8. The average Bonchev–Trinajstić information content (AvgIpc) is 3.05. The van der Waals surface area contributed by atoms with Crippen LogP contribution in [-0.4, -0.2) is 61.4 Å². The van der Waals surface area contributed by atoms with Crippen LogP contribution in [0, 0.1) is 0 Å². The molecule has 2 aromatic rings. The van der Waals surface area contributed by atoms with Gasteiger partial charge in [-0.2, -0.15) is 0 Å². The standard InChI is InChI=1S/C16H21N5O4/c1-16(2)24-11-9(5-22)23-15(12(11)25-16)21-7-19-10-13(20-8-3-4-8)17-6-18-14(10)21/h6-9,11-12,15,22H,3-5H2,1-2H3,(H,17,18,20)/t9-,11-,12-,15-/m1/s1. The van der Waals surface area contributed by atoms with Crippen LogP contribution in [0.2, 0.25) is 0 Å². The van der Waals surface area contributed by atoms with Crippen LogP contribution in [-0.2, 0) is 14.2 Å². The molecule has 2 aromatic heterocycles. The highest BCUT2D eigenvalue weighted by atomic mass is 16.8. The van der Waals surface area contributed by atoms with Gasteiger partial charge in [-0.15, -0.1) is 0 Å². The predicted octanol–water partition coefficient (Wildman–Crippen LogP) is 0.810. The van der Waals surface area contributed by atoms with E-state index < -0.39 is 18.1 Å². The summed E-state index contributed by atoms with van der Waals surface area (Å²) < 4.78 is 19.8. The Hall–Kier alpha value is -1.81. The van der Waals surface area contributed by atoms with Crippen molar-refractivity contribution in [3.8, 4) is 0 Å². The zero-order valence-corrected chi connectivity index (χ0v) is 14.1. The maximum absolute atomic E-state index is 9.64. The number of rotatable bonds is 4. The Kier molecular flexibility index (Phi) is 3.30. The summed E-state index contributed by atoms with van der Waals surface area (Å²) in [6.07, 6.45) is 3.95. The van der Waals surface area contributed by atoms with Crippen molar-refractivity contribution in [3.05, 3.63) is 12.7 Å². The largest absolute Gasteiger partial charge is 0.394 e. The van der Waals surface area contributed by atoms with E-state index in [1.807, 2.05) is 18.4 Å². The fourth-order valence-corrected chi connectivity index (χ4v) is 3.59. The number of aromatic nitrogens is 4.